The lowest BCUT2D eigenvalue weighted by Crippen LogP contribution is -2.30. The minimum absolute atomic E-state index is 0.150. The Balaban J connectivity index is 2.28. The van der Waals surface area contributed by atoms with Crippen molar-refractivity contribution in [1.29, 1.82) is 0 Å². The van der Waals surface area contributed by atoms with Gasteiger partial charge in [0.2, 0.25) is 0 Å². The molecule has 21 heavy (non-hydrogen) atoms. The SMILES string of the molecule is COc1ccc(SC2(CC(=O)O)CCCCC2)c(Cl)c1Cl. The molecule has 0 aliphatic heterocycles. The van der Waals surface area contributed by atoms with E-state index in [1.54, 1.807) is 17.8 Å². The zero-order valence-corrected chi connectivity index (χ0v) is 14.2. The first-order valence-electron chi connectivity index (χ1n) is 6.90. The van der Waals surface area contributed by atoms with Gasteiger partial charge in [0.15, 0.2) is 0 Å². The summed E-state index contributed by atoms with van der Waals surface area (Å²) in [5, 5.41) is 10.0. The van der Waals surface area contributed by atoms with Crippen LogP contribution in [0.5, 0.6) is 5.75 Å². The topological polar surface area (TPSA) is 46.5 Å². The Morgan fingerprint density at radius 3 is 2.52 bits per heavy atom. The number of carboxylic acid groups (broad SMARTS) is 1. The van der Waals surface area contributed by atoms with Crippen molar-refractivity contribution in [2.24, 2.45) is 0 Å². The van der Waals surface area contributed by atoms with E-state index in [1.165, 1.54) is 13.5 Å². The summed E-state index contributed by atoms with van der Waals surface area (Å²) < 4.78 is 4.85. The van der Waals surface area contributed by atoms with Crippen molar-refractivity contribution in [3.05, 3.63) is 22.2 Å². The number of hydrogen-bond donors (Lipinski definition) is 1. The van der Waals surface area contributed by atoms with Crippen LogP contribution < -0.4 is 4.74 Å². The number of carboxylic acids is 1. The fraction of sp³-hybridized carbons (Fsp3) is 0.533. The van der Waals surface area contributed by atoms with Gasteiger partial charge in [0, 0.05) is 9.64 Å². The predicted octanol–water partition coefficient (Wildman–Crippen LogP) is 5.27. The predicted molar refractivity (Wildman–Crippen MR) is 86.9 cm³/mol. The van der Waals surface area contributed by atoms with Gasteiger partial charge < -0.3 is 9.84 Å². The highest BCUT2D eigenvalue weighted by Crippen LogP contribution is 2.50. The van der Waals surface area contributed by atoms with E-state index in [0.717, 1.165) is 30.6 Å². The van der Waals surface area contributed by atoms with Crippen molar-refractivity contribution in [2.75, 3.05) is 7.11 Å². The fourth-order valence-electron chi connectivity index (χ4n) is 2.77. The minimum atomic E-state index is -0.764. The Labute approximate surface area is 139 Å². The number of halogens is 2. The van der Waals surface area contributed by atoms with Gasteiger partial charge in [-0.3, -0.25) is 4.79 Å². The van der Waals surface area contributed by atoms with Gasteiger partial charge in [-0.2, -0.15) is 0 Å². The number of benzene rings is 1. The molecule has 1 aromatic rings. The van der Waals surface area contributed by atoms with E-state index in [2.05, 4.69) is 0 Å². The van der Waals surface area contributed by atoms with Gasteiger partial charge in [0.25, 0.3) is 0 Å². The summed E-state index contributed by atoms with van der Waals surface area (Å²) in [6.45, 7) is 0. The molecule has 1 fully saturated rings. The van der Waals surface area contributed by atoms with Crippen LogP contribution in [0.1, 0.15) is 38.5 Å². The molecule has 3 nitrogen and oxygen atoms in total. The van der Waals surface area contributed by atoms with Gasteiger partial charge in [-0.15, -0.1) is 11.8 Å². The average Bonchev–Trinajstić information content (AvgIpc) is 2.44. The number of ether oxygens (including phenoxy) is 1. The Morgan fingerprint density at radius 2 is 1.95 bits per heavy atom. The Bertz CT molecular complexity index is 528. The quantitative estimate of drug-likeness (QED) is 0.786. The van der Waals surface area contributed by atoms with Crippen LogP contribution in [-0.4, -0.2) is 22.9 Å². The molecule has 0 saturated heterocycles. The lowest BCUT2D eigenvalue weighted by molar-refractivity contribution is -0.137. The van der Waals surface area contributed by atoms with Gasteiger partial charge in [-0.05, 0) is 25.0 Å². The molecule has 0 unspecified atom stereocenters. The Hall–Kier alpha value is -0.580. The maximum Gasteiger partial charge on any atom is 0.304 e. The number of rotatable bonds is 5. The van der Waals surface area contributed by atoms with E-state index in [-0.39, 0.29) is 11.2 Å². The lowest BCUT2D eigenvalue weighted by Gasteiger charge is -2.35. The van der Waals surface area contributed by atoms with Crippen molar-refractivity contribution in [3.8, 4) is 5.75 Å². The molecule has 0 heterocycles. The molecule has 0 bridgehead atoms. The van der Waals surface area contributed by atoms with Gasteiger partial charge in [-0.1, -0.05) is 42.5 Å². The summed E-state index contributed by atoms with van der Waals surface area (Å²) in [7, 11) is 1.54. The highest BCUT2D eigenvalue weighted by Gasteiger charge is 2.36. The smallest absolute Gasteiger partial charge is 0.304 e. The molecule has 2 rings (SSSR count). The van der Waals surface area contributed by atoms with E-state index < -0.39 is 5.97 Å². The normalized spacial score (nSPS) is 17.5. The van der Waals surface area contributed by atoms with Gasteiger partial charge in [0.1, 0.15) is 10.8 Å². The average molecular weight is 349 g/mol. The molecule has 1 aliphatic carbocycles. The van der Waals surface area contributed by atoms with E-state index in [4.69, 9.17) is 27.9 Å². The molecular formula is C15H18Cl2O3S. The fourth-order valence-corrected chi connectivity index (χ4v) is 4.82. The highest BCUT2D eigenvalue weighted by atomic mass is 35.5. The molecule has 1 aromatic carbocycles. The molecule has 0 aromatic heterocycles. The molecule has 116 valence electrons. The van der Waals surface area contributed by atoms with Crippen LogP contribution in [0, 0.1) is 0 Å². The second-order valence-corrected chi connectivity index (χ2v) is 7.58. The molecule has 0 amide bonds. The van der Waals surface area contributed by atoms with Crippen LogP contribution in [0.25, 0.3) is 0 Å². The van der Waals surface area contributed by atoms with Crippen molar-refractivity contribution >= 4 is 40.9 Å². The van der Waals surface area contributed by atoms with Crippen LogP contribution >= 0.6 is 35.0 Å². The third-order valence-electron chi connectivity index (χ3n) is 3.80. The molecule has 1 N–H and O–H groups in total. The van der Waals surface area contributed by atoms with E-state index >= 15 is 0 Å². The molecule has 0 atom stereocenters. The summed E-state index contributed by atoms with van der Waals surface area (Å²) in [4.78, 5) is 12.0. The van der Waals surface area contributed by atoms with Gasteiger partial charge >= 0.3 is 5.97 Å². The van der Waals surface area contributed by atoms with Crippen LogP contribution in [0.2, 0.25) is 10.0 Å². The number of carbonyl (C=O) groups is 1. The molecule has 0 radical (unpaired) electrons. The van der Waals surface area contributed by atoms with E-state index in [0.29, 0.717) is 15.8 Å². The van der Waals surface area contributed by atoms with Gasteiger partial charge in [0.05, 0.1) is 18.6 Å². The lowest BCUT2D eigenvalue weighted by atomic mass is 9.86. The second kappa shape index (κ2) is 7.12. The summed E-state index contributed by atoms with van der Waals surface area (Å²) in [6.07, 6.45) is 5.22. The monoisotopic (exact) mass is 348 g/mol. The molecule has 1 saturated carbocycles. The zero-order valence-electron chi connectivity index (χ0n) is 11.8. The van der Waals surface area contributed by atoms with Gasteiger partial charge in [-0.25, -0.2) is 0 Å². The maximum absolute atomic E-state index is 11.2. The van der Waals surface area contributed by atoms with Crippen LogP contribution in [0.15, 0.2) is 17.0 Å². The highest BCUT2D eigenvalue weighted by molar-refractivity contribution is 8.00. The summed E-state index contributed by atoms with van der Waals surface area (Å²) >= 11 is 14.0. The van der Waals surface area contributed by atoms with Crippen LogP contribution in [0.4, 0.5) is 0 Å². The zero-order chi connectivity index (χ0) is 15.5. The molecule has 6 heteroatoms. The van der Waals surface area contributed by atoms with Crippen LogP contribution in [0.3, 0.4) is 0 Å². The van der Waals surface area contributed by atoms with E-state index in [9.17, 15) is 9.90 Å². The van der Waals surface area contributed by atoms with Crippen molar-refractivity contribution in [2.45, 2.75) is 48.2 Å². The number of thioether (sulfide) groups is 1. The largest absolute Gasteiger partial charge is 0.495 e. The maximum atomic E-state index is 11.2. The summed E-state index contributed by atoms with van der Waals surface area (Å²) in [5.41, 5.74) is 0. The first-order chi connectivity index (χ1) is 9.97. The Morgan fingerprint density at radius 1 is 1.29 bits per heavy atom. The third-order valence-corrected chi connectivity index (χ3v) is 6.32. The first-order valence-corrected chi connectivity index (χ1v) is 8.47. The van der Waals surface area contributed by atoms with Crippen LogP contribution in [-0.2, 0) is 4.79 Å². The standard InChI is InChI=1S/C15H18Cl2O3S/c1-20-10-5-6-11(14(17)13(10)16)21-15(9-12(18)19)7-3-2-4-8-15/h5-6H,2-4,7-9H2,1H3,(H,18,19). The molecular weight excluding hydrogens is 331 g/mol. The Kier molecular flexibility index (Phi) is 5.69. The first kappa shape index (κ1) is 16.8. The number of hydrogen-bond acceptors (Lipinski definition) is 3. The summed E-state index contributed by atoms with van der Waals surface area (Å²) in [5.74, 6) is -0.234. The van der Waals surface area contributed by atoms with Crippen molar-refractivity contribution < 1.29 is 14.6 Å². The second-order valence-electron chi connectivity index (χ2n) is 5.31. The van der Waals surface area contributed by atoms with E-state index in [1.807, 2.05) is 6.07 Å². The summed E-state index contributed by atoms with van der Waals surface area (Å²) in [6, 6.07) is 3.63. The molecule has 1 aliphatic rings. The number of aliphatic carboxylic acids is 1. The van der Waals surface area contributed by atoms with Crippen molar-refractivity contribution in [1.82, 2.24) is 0 Å². The number of methoxy groups -OCH3 is 1. The molecule has 0 spiro atoms. The third kappa shape index (κ3) is 3.99. The van der Waals surface area contributed by atoms with Crippen molar-refractivity contribution in [3.63, 3.8) is 0 Å². The minimum Gasteiger partial charge on any atom is -0.495 e.